The molecule has 1 unspecified atom stereocenters. The molecule has 1 atom stereocenters. The summed E-state index contributed by atoms with van der Waals surface area (Å²) in [6, 6.07) is 12.5. The Morgan fingerprint density at radius 3 is 2.50 bits per heavy atom. The van der Waals surface area contributed by atoms with Crippen LogP contribution in [0.1, 0.15) is 31.9 Å². The van der Waals surface area contributed by atoms with Crippen LogP contribution in [0.25, 0.3) is 0 Å². The summed E-state index contributed by atoms with van der Waals surface area (Å²) in [7, 11) is 0. The predicted octanol–water partition coefficient (Wildman–Crippen LogP) is 4.32. The summed E-state index contributed by atoms with van der Waals surface area (Å²) in [6.07, 6.45) is -0.493. The van der Waals surface area contributed by atoms with E-state index >= 15 is 0 Å². The second kappa shape index (κ2) is 10.1. The second-order valence-corrected chi connectivity index (χ2v) is 9.19. The molecular weight excluding hydrogens is 453 g/mol. The molecular formula is C23H27Cl2N3O4. The Kier molecular flexibility index (Phi) is 7.67. The van der Waals surface area contributed by atoms with E-state index in [0.717, 1.165) is 0 Å². The molecule has 2 aromatic carbocycles. The molecule has 0 aromatic heterocycles. The van der Waals surface area contributed by atoms with E-state index in [0.29, 0.717) is 53.2 Å². The van der Waals surface area contributed by atoms with Crippen molar-refractivity contribution in [2.24, 2.45) is 0 Å². The van der Waals surface area contributed by atoms with Crippen LogP contribution >= 0.6 is 23.2 Å². The van der Waals surface area contributed by atoms with Gasteiger partial charge in [0, 0.05) is 39.9 Å². The topological polar surface area (TPSA) is 88.7 Å². The first-order chi connectivity index (χ1) is 15.1. The monoisotopic (exact) mass is 479 g/mol. The fourth-order valence-corrected chi connectivity index (χ4v) is 3.98. The van der Waals surface area contributed by atoms with Crippen molar-refractivity contribution in [3.8, 4) is 0 Å². The van der Waals surface area contributed by atoms with Crippen LogP contribution in [-0.4, -0.2) is 43.9 Å². The summed E-state index contributed by atoms with van der Waals surface area (Å²) in [5, 5.41) is 9.85. The molecule has 0 saturated carbocycles. The molecule has 0 bridgehead atoms. The van der Waals surface area contributed by atoms with Crippen molar-refractivity contribution < 1.29 is 19.1 Å². The summed E-state index contributed by atoms with van der Waals surface area (Å²) < 4.78 is 10.8. The zero-order chi connectivity index (χ0) is 23.4. The Balaban J connectivity index is 1.65. The summed E-state index contributed by atoms with van der Waals surface area (Å²) in [4.78, 5) is 24.9. The highest BCUT2D eigenvalue weighted by atomic mass is 35.5. The number of halogens is 2. The lowest BCUT2D eigenvalue weighted by molar-refractivity contribution is -0.120. The lowest BCUT2D eigenvalue weighted by Crippen LogP contribution is -2.50. The molecule has 2 amide bonds. The molecule has 1 aliphatic heterocycles. The number of amides is 2. The van der Waals surface area contributed by atoms with Crippen molar-refractivity contribution in [1.29, 1.82) is 0 Å². The molecule has 0 saturated heterocycles. The average Bonchev–Trinajstić information content (AvgIpc) is 2.98. The summed E-state index contributed by atoms with van der Waals surface area (Å²) in [5.74, 6) is -0.241. The van der Waals surface area contributed by atoms with Crippen LogP contribution in [0.4, 0.5) is 10.5 Å². The molecule has 3 rings (SSSR count). The van der Waals surface area contributed by atoms with E-state index in [1.807, 2.05) is 18.2 Å². The standard InChI is InChI=1S/C23H27Cl2N3O4/c1-22(2,3)32-21(30)26-10-12-31-13-11-27-23(16-6-4-5-7-18(16)25)17-14-15(24)8-9-19(17)28-20(23)29/h4-9,14,27H,10-13H2,1-3H3,(H,26,30)(H,28,29). The zero-order valence-corrected chi connectivity index (χ0v) is 19.8. The predicted molar refractivity (Wildman–Crippen MR) is 125 cm³/mol. The smallest absolute Gasteiger partial charge is 0.407 e. The summed E-state index contributed by atoms with van der Waals surface area (Å²) in [5.41, 5.74) is 0.260. The van der Waals surface area contributed by atoms with Crippen LogP contribution in [0.15, 0.2) is 42.5 Å². The lowest BCUT2D eigenvalue weighted by atomic mass is 9.83. The quantitative estimate of drug-likeness (QED) is 0.490. The number of carbonyl (C=O) groups is 2. The molecule has 3 N–H and O–H groups in total. The number of rotatable bonds is 8. The van der Waals surface area contributed by atoms with E-state index in [9.17, 15) is 9.59 Å². The van der Waals surface area contributed by atoms with E-state index in [4.69, 9.17) is 32.7 Å². The van der Waals surface area contributed by atoms with Gasteiger partial charge in [0.25, 0.3) is 5.91 Å². The van der Waals surface area contributed by atoms with Gasteiger partial charge in [-0.2, -0.15) is 0 Å². The van der Waals surface area contributed by atoms with Gasteiger partial charge in [-0.25, -0.2) is 4.79 Å². The van der Waals surface area contributed by atoms with Crippen molar-refractivity contribution in [1.82, 2.24) is 10.6 Å². The van der Waals surface area contributed by atoms with Crippen LogP contribution in [0, 0.1) is 0 Å². The Morgan fingerprint density at radius 2 is 1.78 bits per heavy atom. The Hall–Kier alpha value is -2.32. The van der Waals surface area contributed by atoms with Gasteiger partial charge in [0.05, 0.1) is 13.2 Å². The Morgan fingerprint density at radius 1 is 1.06 bits per heavy atom. The number of hydrogen-bond donors (Lipinski definition) is 3. The summed E-state index contributed by atoms with van der Waals surface area (Å²) >= 11 is 12.7. The van der Waals surface area contributed by atoms with Gasteiger partial charge in [-0.3, -0.25) is 10.1 Å². The number of ether oxygens (including phenoxy) is 2. The van der Waals surface area contributed by atoms with Crippen LogP contribution in [0.3, 0.4) is 0 Å². The number of anilines is 1. The maximum atomic E-state index is 13.2. The lowest BCUT2D eigenvalue weighted by Gasteiger charge is -2.30. The maximum Gasteiger partial charge on any atom is 0.407 e. The molecule has 7 nitrogen and oxygen atoms in total. The number of benzene rings is 2. The highest BCUT2D eigenvalue weighted by molar-refractivity contribution is 6.32. The SMILES string of the molecule is CC(C)(C)OC(=O)NCCOCCNC1(c2ccccc2Cl)C(=O)Nc2ccc(Cl)cc21. The van der Waals surface area contributed by atoms with Crippen molar-refractivity contribution >= 4 is 40.9 Å². The van der Waals surface area contributed by atoms with Gasteiger partial charge in [0.15, 0.2) is 5.54 Å². The van der Waals surface area contributed by atoms with Gasteiger partial charge in [0.1, 0.15) is 5.60 Å². The minimum Gasteiger partial charge on any atom is -0.444 e. The van der Waals surface area contributed by atoms with Crippen LogP contribution in [-0.2, 0) is 19.8 Å². The molecule has 1 aliphatic rings. The number of nitrogens with one attached hydrogen (secondary N) is 3. The van der Waals surface area contributed by atoms with Crippen molar-refractivity contribution in [3.63, 3.8) is 0 Å². The van der Waals surface area contributed by atoms with E-state index < -0.39 is 17.2 Å². The van der Waals surface area contributed by atoms with E-state index in [1.165, 1.54) is 0 Å². The van der Waals surface area contributed by atoms with E-state index in [2.05, 4.69) is 16.0 Å². The molecule has 1 heterocycles. The molecule has 0 fully saturated rings. The molecule has 0 radical (unpaired) electrons. The molecule has 0 aliphatic carbocycles. The van der Waals surface area contributed by atoms with Crippen LogP contribution < -0.4 is 16.0 Å². The third-order valence-electron chi connectivity index (χ3n) is 4.80. The first-order valence-corrected chi connectivity index (χ1v) is 11.1. The first kappa shape index (κ1) is 24.3. The molecule has 0 spiro atoms. The van der Waals surface area contributed by atoms with Crippen molar-refractivity contribution in [3.05, 3.63) is 63.6 Å². The maximum absolute atomic E-state index is 13.2. The fraction of sp³-hybridized carbons (Fsp3) is 0.391. The highest BCUT2D eigenvalue weighted by Crippen LogP contribution is 2.44. The summed E-state index contributed by atoms with van der Waals surface area (Å²) in [6.45, 7) is 6.68. The number of hydrogen-bond acceptors (Lipinski definition) is 5. The Labute approximate surface area is 197 Å². The minimum atomic E-state index is -1.20. The highest BCUT2D eigenvalue weighted by Gasteiger charge is 2.49. The van der Waals surface area contributed by atoms with Gasteiger partial charge in [-0.05, 0) is 45.0 Å². The van der Waals surface area contributed by atoms with Crippen molar-refractivity contribution in [2.75, 3.05) is 31.6 Å². The van der Waals surface area contributed by atoms with Gasteiger partial charge in [0.2, 0.25) is 0 Å². The third-order valence-corrected chi connectivity index (χ3v) is 5.37. The van der Waals surface area contributed by atoms with Gasteiger partial charge in [-0.15, -0.1) is 0 Å². The molecule has 2 aromatic rings. The van der Waals surface area contributed by atoms with Crippen LogP contribution in [0.5, 0.6) is 0 Å². The van der Waals surface area contributed by atoms with Crippen LogP contribution in [0.2, 0.25) is 10.0 Å². The van der Waals surface area contributed by atoms with E-state index in [1.54, 1.807) is 45.0 Å². The normalized spacial score (nSPS) is 17.6. The first-order valence-electron chi connectivity index (χ1n) is 10.3. The van der Waals surface area contributed by atoms with E-state index in [-0.39, 0.29) is 5.91 Å². The third kappa shape index (κ3) is 5.53. The fourth-order valence-electron chi connectivity index (χ4n) is 3.53. The average molecular weight is 480 g/mol. The number of fused-ring (bicyclic) bond motifs is 1. The second-order valence-electron chi connectivity index (χ2n) is 8.34. The largest absolute Gasteiger partial charge is 0.444 e. The van der Waals surface area contributed by atoms with Gasteiger partial charge >= 0.3 is 6.09 Å². The number of alkyl carbamates (subject to hydrolysis) is 1. The number of carbonyl (C=O) groups excluding carboxylic acids is 2. The minimum absolute atomic E-state index is 0.241. The van der Waals surface area contributed by atoms with Crippen molar-refractivity contribution in [2.45, 2.75) is 31.9 Å². The van der Waals surface area contributed by atoms with Gasteiger partial charge in [-0.1, -0.05) is 41.4 Å². The molecule has 32 heavy (non-hydrogen) atoms. The van der Waals surface area contributed by atoms with Gasteiger partial charge < -0.3 is 20.1 Å². The molecule has 172 valence electrons. The Bertz CT molecular complexity index is 993. The zero-order valence-electron chi connectivity index (χ0n) is 18.3. The molecule has 9 heteroatoms.